The van der Waals surface area contributed by atoms with Gasteiger partial charge >= 0.3 is 6.03 Å². The van der Waals surface area contributed by atoms with Crippen LogP contribution in [0.3, 0.4) is 0 Å². The second kappa shape index (κ2) is 7.36. The van der Waals surface area contributed by atoms with E-state index in [1.54, 1.807) is 35.2 Å². The molecule has 7 heteroatoms. The van der Waals surface area contributed by atoms with Crippen molar-refractivity contribution in [3.8, 4) is 0 Å². The molecule has 0 bridgehead atoms. The highest BCUT2D eigenvalue weighted by atomic mass is 19.1. The summed E-state index contributed by atoms with van der Waals surface area (Å²) in [5.41, 5.74) is 2.91. The van der Waals surface area contributed by atoms with Gasteiger partial charge in [0.25, 0.3) is 5.91 Å². The summed E-state index contributed by atoms with van der Waals surface area (Å²) in [6.45, 7) is 2.04. The lowest BCUT2D eigenvalue weighted by Gasteiger charge is -2.16. The molecule has 0 unspecified atom stereocenters. The van der Waals surface area contributed by atoms with Gasteiger partial charge in [-0.2, -0.15) is 0 Å². The molecule has 0 aromatic heterocycles. The Hall–Kier alpha value is -2.93. The number of carbonyl (C=O) groups is 2. The van der Waals surface area contributed by atoms with E-state index < -0.39 is 0 Å². The molecule has 140 valence electrons. The lowest BCUT2D eigenvalue weighted by atomic mass is 10.1. The first kappa shape index (κ1) is 17.5. The van der Waals surface area contributed by atoms with E-state index in [4.69, 9.17) is 4.74 Å². The molecule has 4 rings (SSSR count). The number of benzene rings is 2. The average molecular weight is 369 g/mol. The Morgan fingerprint density at radius 1 is 1.07 bits per heavy atom. The van der Waals surface area contributed by atoms with Gasteiger partial charge in [0.05, 0.1) is 12.6 Å². The van der Waals surface area contributed by atoms with Crippen molar-refractivity contribution in [3.05, 3.63) is 65.0 Å². The van der Waals surface area contributed by atoms with E-state index in [1.165, 1.54) is 12.1 Å². The van der Waals surface area contributed by atoms with Crippen LogP contribution in [0, 0.1) is 5.82 Å². The zero-order chi connectivity index (χ0) is 18.8. The third kappa shape index (κ3) is 3.93. The first-order valence-electron chi connectivity index (χ1n) is 8.90. The summed E-state index contributed by atoms with van der Waals surface area (Å²) in [6.07, 6.45) is 0.821. The van der Waals surface area contributed by atoms with E-state index in [0.717, 1.165) is 17.5 Å². The fourth-order valence-electron chi connectivity index (χ4n) is 3.33. The summed E-state index contributed by atoms with van der Waals surface area (Å²) < 4.78 is 18.6. The van der Waals surface area contributed by atoms with Crippen LogP contribution in [0.1, 0.15) is 27.9 Å². The second-order valence-corrected chi connectivity index (χ2v) is 6.81. The SMILES string of the molecule is O=C(N[C@@H]1CCOC1)c1ccc(NC(=O)N2Cc3ccc(F)cc3C2)cc1. The number of hydrogen-bond acceptors (Lipinski definition) is 3. The number of nitrogens with one attached hydrogen (secondary N) is 2. The topological polar surface area (TPSA) is 70.7 Å². The fraction of sp³-hybridized carbons (Fsp3) is 0.300. The molecule has 1 fully saturated rings. The van der Waals surface area contributed by atoms with Gasteiger partial charge in [-0.15, -0.1) is 0 Å². The van der Waals surface area contributed by atoms with Gasteiger partial charge in [-0.05, 0) is 53.9 Å². The Labute approximate surface area is 156 Å². The zero-order valence-corrected chi connectivity index (χ0v) is 14.7. The van der Waals surface area contributed by atoms with Crippen LogP contribution in [-0.4, -0.2) is 36.1 Å². The molecule has 0 aliphatic carbocycles. The maximum Gasteiger partial charge on any atom is 0.322 e. The number of carbonyl (C=O) groups excluding carboxylic acids is 2. The van der Waals surface area contributed by atoms with E-state index in [0.29, 0.717) is 37.6 Å². The van der Waals surface area contributed by atoms with E-state index in [2.05, 4.69) is 10.6 Å². The number of urea groups is 1. The normalized spacial score (nSPS) is 18.3. The van der Waals surface area contributed by atoms with Crippen LogP contribution in [0.2, 0.25) is 0 Å². The molecule has 0 spiro atoms. The molecule has 1 saturated heterocycles. The summed E-state index contributed by atoms with van der Waals surface area (Å²) in [5, 5.41) is 5.74. The fourth-order valence-corrected chi connectivity index (χ4v) is 3.33. The monoisotopic (exact) mass is 369 g/mol. The Morgan fingerprint density at radius 2 is 1.85 bits per heavy atom. The minimum absolute atomic E-state index is 0.0542. The van der Waals surface area contributed by atoms with Gasteiger partial charge in [0.15, 0.2) is 0 Å². The van der Waals surface area contributed by atoms with Crippen molar-refractivity contribution in [3.63, 3.8) is 0 Å². The largest absolute Gasteiger partial charge is 0.379 e. The third-order valence-corrected chi connectivity index (χ3v) is 4.84. The summed E-state index contributed by atoms with van der Waals surface area (Å²) in [6, 6.07) is 11.1. The lowest BCUT2D eigenvalue weighted by Crippen LogP contribution is -2.35. The predicted octanol–water partition coefficient (Wildman–Crippen LogP) is 2.89. The van der Waals surface area contributed by atoms with Crippen LogP contribution in [0.25, 0.3) is 0 Å². The molecule has 6 nitrogen and oxygen atoms in total. The highest BCUT2D eigenvalue weighted by molar-refractivity contribution is 5.95. The predicted molar refractivity (Wildman–Crippen MR) is 97.8 cm³/mol. The standard InChI is InChI=1S/C20H20FN3O3/c21-16-4-1-14-10-24(11-15(14)9-16)20(26)23-17-5-2-13(3-6-17)19(25)22-18-7-8-27-12-18/h1-6,9,18H,7-8,10-12H2,(H,22,25)(H,23,26)/t18-/m1/s1. The van der Waals surface area contributed by atoms with Gasteiger partial charge in [-0.3, -0.25) is 4.79 Å². The van der Waals surface area contributed by atoms with Gasteiger partial charge in [-0.25, -0.2) is 9.18 Å². The van der Waals surface area contributed by atoms with Crippen molar-refractivity contribution in [2.24, 2.45) is 0 Å². The van der Waals surface area contributed by atoms with Gasteiger partial charge in [-0.1, -0.05) is 6.07 Å². The first-order valence-corrected chi connectivity index (χ1v) is 8.90. The van der Waals surface area contributed by atoms with Crippen LogP contribution in [0.5, 0.6) is 0 Å². The Morgan fingerprint density at radius 3 is 2.59 bits per heavy atom. The number of halogens is 1. The van der Waals surface area contributed by atoms with Crippen LogP contribution < -0.4 is 10.6 Å². The number of ether oxygens (including phenoxy) is 1. The average Bonchev–Trinajstić information content (AvgIpc) is 3.31. The molecule has 2 aliphatic heterocycles. The number of amides is 3. The van der Waals surface area contributed by atoms with Gasteiger partial charge < -0.3 is 20.3 Å². The molecule has 2 aromatic carbocycles. The number of nitrogens with zero attached hydrogens (tertiary/aromatic N) is 1. The molecule has 2 N–H and O–H groups in total. The van der Waals surface area contributed by atoms with Crippen molar-refractivity contribution in [1.82, 2.24) is 10.2 Å². The van der Waals surface area contributed by atoms with Crippen molar-refractivity contribution in [2.45, 2.75) is 25.6 Å². The van der Waals surface area contributed by atoms with Crippen molar-refractivity contribution < 1.29 is 18.7 Å². The zero-order valence-electron chi connectivity index (χ0n) is 14.7. The molecule has 27 heavy (non-hydrogen) atoms. The Kier molecular flexibility index (Phi) is 4.77. The quantitative estimate of drug-likeness (QED) is 0.874. The number of anilines is 1. The van der Waals surface area contributed by atoms with E-state index in [1.807, 2.05) is 0 Å². The summed E-state index contributed by atoms with van der Waals surface area (Å²) >= 11 is 0. The van der Waals surface area contributed by atoms with E-state index in [-0.39, 0.29) is 23.8 Å². The molecule has 1 atom stereocenters. The third-order valence-electron chi connectivity index (χ3n) is 4.84. The Bertz CT molecular complexity index is 863. The van der Waals surface area contributed by atoms with Crippen molar-refractivity contribution >= 4 is 17.6 Å². The summed E-state index contributed by atoms with van der Waals surface area (Å²) in [4.78, 5) is 26.3. The second-order valence-electron chi connectivity index (χ2n) is 6.81. The van der Waals surface area contributed by atoms with Crippen LogP contribution in [0.4, 0.5) is 14.9 Å². The van der Waals surface area contributed by atoms with E-state index in [9.17, 15) is 14.0 Å². The summed E-state index contributed by atoms with van der Waals surface area (Å²) in [5.74, 6) is -0.450. The molecule has 0 saturated carbocycles. The number of fused-ring (bicyclic) bond motifs is 1. The molecule has 2 heterocycles. The molecule has 2 aromatic rings. The van der Waals surface area contributed by atoms with Crippen LogP contribution in [0.15, 0.2) is 42.5 Å². The number of hydrogen-bond donors (Lipinski definition) is 2. The van der Waals surface area contributed by atoms with Crippen LogP contribution >= 0.6 is 0 Å². The van der Waals surface area contributed by atoms with Crippen LogP contribution in [-0.2, 0) is 17.8 Å². The highest BCUT2D eigenvalue weighted by Gasteiger charge is 2.24. The lowest BCUT2D eigenvalue weighted by molar-refractivity contribution is 0.0930. The smallest absolute Gasteiger partial charge is 0.322 e. The maximum absolute atomic E-state index is 13.3. The molecular formula is C20H20FN3O3. The molecule has 0 radical (unpaired) electrons. The number of rotatable bonds is 3. The molecule has 2 aliphatic rings. The molecule has 3 amide bonds. The molecular weight excluding hydrogens is 349 g/mol. The maximum atomic E-state index is 13.3. The summed E-state index contributed by atoms with van der Waals surface area (Å²) in [7, 11) is 0. The minimum Gasteiger partial charge on any atom is -0.379 e. The van der Waals surface area contributed by atoms with Gasteiger partial charge in [0.1, 0.15) is 5.82 Å². The Balaban J connectivity index is 1.34. The van der Waals surface area contributed by atoms with E-state index >= 15 is 0 Å². The van der Waals surface area contributed by atoms with Gasteiger partial charge in [0, 0.05) is 30.9 Å². The van der Waals surface area contributed by atoms with Gasteiger partial charge in [0.2, 0.25) is 0 Å². The minimum atomic E-state index is -0.297. The van der Waals surface area contributed by atoms with Crippen molar-refractivity contribution in [2.75, 3.05) is 18.5 Å². The first-order chi connectivity index (χ1) is 13.1. The highest BCUT2D eigenvalue weighted by Crippen LogP contribution is 2.24. The van der Waals surface area contributed by atoms with Crippen molar-refractivity contribution in [1.29, 1.82) is 0 Å².